The van der Waals surface area contributed by atoms with Crippen LogP contribution in [0.25, 0.3) is 0 Å². The van der Waals surface area contributed by atoms with Crippen molar-refractivity contribution in [2.45, 2.75) is 13.0 Å². The zero-order chi connectivity index (χ0) is 20.3. The third-order valence-corrected chi connectivity index (χ3v) is 4.90. The molecular weight excluding hydrogens is 382 g/mol. The summed E-state index contributed by atoms with van der Waals surface area (Å²) in [6, 6.07) is 11.2. The Balaban J connectivity index is 1.77. The van der Waals surface area contributed by atoms with E-state index in [1.807, 2.05) is 0 Å². The summed E-state index contributed by atoms with van der Waals surface area (Å²) in [5, 5.41) is 3.31. The molecule has 1 saturated heterocycles. The molecule has 2 aromatic carbocycles. The van der Waals surface area contributed by atoms with Crippen molar-refractivity contribution in [3.05, 3.63) is 47.5 Å². The monoisotopic (exact) mass is 403 g/mol. The van der Waals surface area contributed by atoms with E-state index in [1.54, 1.807) is 68.5 Å². The van der Waals surface area contributed by atoms with Crippen LogP contribution in [0.1, 0.15) is 6.92 Å². The van der Waals surface area contributed by atoms with Crippen LogP contribution in [-0.4, -0.2) is 50.2 Å². The average Bonchev–Trinajstić information content (AvgIpc) is 2.69. The lowest BCUT2D eigenvalue weighted by Crippen LogP contribution is -2.58. The first-order valence-electron chi connectivity index (χ1n) is 8.81. The lowest BCUT2D eigenvalue weighted by atomic mass is 10.1. The summed E-state index contributed by atoms with van der Waals surface area (Å²) >= 11 is 5.96. The Morgan fingerprint density at radius 1 is 1.14 bits per heavy atom. The summed E-state index contributed by atoms with van der Waals surface area (Å²) in [6.45, 7) is 2.42. The highest BCUT2D eigenvalue weighted by Crippen LogP contribution is 2.34. The van der Waals surface area contributed by atoms with E-state index in [4.69, 9.17) is 21.1 Å². The summed E-state index contributed by atoms with van der Waals surface area (Å²) in [5.74, 6) is 0.995. The first-order chi connectivity index (χ1) is 13.4. The highest BCUT2D eigenvalue weighted by atomic mass is 35.5. The number of carbonyl (C=O) groups is 2. The van der Waals surface area contributed by atoms with Crippen LogP contribution in [0.5, 0.6) is 11.5 Å². The Hall–Kier alpha value is -2.93. The van der Waals surface area contributed by atoms with Gasteiger partial charge in [-0.15, -0.1) is 0 Å². The van der Waals surface area contributed by atoms with Crippen molar-refractivity contribution in [1.82, 2.24) is 4.90 Å². The number of hydrogen-bond acceptors (Lipinski definition) is 4. The molecule has 8 heteroatoms. The van der Waals surface area contributed by atoms with E-state index in [-0.39, 0.29) is 11.9 Å². The molecule has 148 valence electrons. The van der Waals surface area contributed by atoms with Gasteiger partial charge in [0.25, 0.3) is 0 Å². The van der Waals surface area contributed by atoms with Gasteiger partial charge in [0.05, 0.1) is 19.9 Å². The average molecular weight is 404 g/mol. The van der Waals surface area contributed by atoms with Gasteiger partial charge in [-0.05, 0) is 37.3 Å². The molecule has 3 rings (SSSR count). The molecule has 0 spiro atoms. The van der Waals surface area contributed by atoms with Crippen LogP contribution in [0.4, 0.5) is 16.2 Å². The van der Waals surface area contributed by atoms with Crippen molar-refractivity contribution in [2.24, 2.45) is 0 Å². The number of ether oxygens (including phenoxy) is 2. The SMILES string of the molecule is COc1ccc(OC)c(N2CCN(C(=O)Nc3cccc(Cl)c3)[C@H](C)C2=O)c1. The third-order valence-electron chi connectivity index (χ3n) is 4.67. The molecule has 3 amide bonds. The zero-order valence-electron chi connectivity index (χ0n) is 15.9. The predicted molar refractivity (Wildman–Crippen MR) is 109 cm³/mol. The molecule has 0 radical (unpaired) electrons. The molecule has 2 aromatic rings. The van der Waals surface area contributed by atoms with E-state index < -0.39 is 6.04 Å². The van der Waals surface area contributed by atoms with Crippen LogP contribution in [0, 0.1) is 0 Å². The van der Waals surface area contributed by atoms with Gasteiger partial charge in [-0.25, -0.2) is 4.79 Å². The maximum atomic E-state index is 13.0. The lowest BCUT2D eigenvalue weighted by molar-refractivity contribution is -0.123. The van der Waals surface area contributed by atoms with Crippen LogP contribution in [0.2, 0.25) is 5.02 Å². The van der Waals surface area contributed by atoms with Crippen LogP contribution in [0.15, 0.2) is 42.5 Å². The van der Waals surface area contributed by atoms with Crippen molar-refractivity contribution >= 4 is 34.9 Å². The van der Waals surface area contributed by atoms with Crippen LogP contribution in [-0.2, 0) is 4.79 Å². The second-order valence-corrected chi connectivity index (χ2v) is 6.77. The number of anilines is 2. The van der Waals surface area contributed by atoms with Gasteiger partial charge < -0.3 is 24.6 Å². The maximum Gasteiger partial charge on any atom is 0.322 e. The Kier molecular flexibility index (Phi) is 5.94. The summed E-state index contributed by atoms with van der Waals surface area (Å²) in [7, 11) is 3.11. The fourth-order valence-corrected chi connectivity index (χ4v) is 3.35. The number of urea groups is 1. The molecular formula is C20H22ClN3O4. The Morgan fingerprint density at radius 3 is 2.61 bits per heavy atom. The standard InChI is InChI=1S/C20H22ClN3O4/c1-13-19(25)24(17-12-16(27-2)7-8-18(17)28-3)10-9-23(13)20(26)22-15-6-4-5-14(21)11-15/h4-8,11-13H,9-10H2,1-3H3,(H,22,26)/t13-/m1/s1. The Morgan fingerprint density at radius 2 is 1.93 bits per heavy atom. The van der Waals surface area contributed by atoms with Crippen molar-refractivity contribution < 1.29 is 19.1 Å². The molecule has 1 aliphatic rings. The minimum atomic E-state index is -0.635. The fourth-order valence-electron chi connectivity index (χ4n) is 3.16. The van der Waals surface area contributed by atoms with Crippen LogP contribution in [0.3, 0.4) is 0 Å². The van der Waals surface area contributed by atoms with Gasteiger partial charge in [-0.3, -0.25) is 4.79 Å². The number of amides is 3. The molecule has 7 nitrogen and oxygen atoms in total. The van der Waals surface area contributed by atoms with Crippen LogP contribution < -0.4 is 19.7 Å². The summed E-state index contributed by atoms with van der Waals surface area (Å²) in [4.78, 5) is 28.8. The number of methoxy groups -OCH3 is 2. The first-order valence-corrected chi connectivity index (χ1v) is 9.19. The second kappa shape index (κ2) is 8.39. The van der Waals surface area contributed by atoms with Crippen molar-refractivity contribution in [1.29, 1.82) is 0 Å². The summed E-state index contributed by atoms with van der Waals surface area (Å²) in [6.07, 6.45) is 0. The van der Waals surface area contributed by atoms with Crippen molar-refractivity contribution in [2.75, 3.05) is 37.5 Å². The van der Waals surface area contributed by atoms with Gasteiger partial charge in [0, 0.05) is 29.9 Å². The topological polar surface area (TPSA) is 71.1 Å². The van der Waals surface area contributed by atoms with Gasteiger partial charge in [0.1, 0.15) is 17.5 Å². The second-order valence-electron chi connectivity index (χ2n) is 6.34. The molecule has 1 N–H and O–H groups in total. The molecule has 1 atom stereocenters. The predicted octanol–water partition coefficient (Wildman–Crippen LogP) is 3.63. The smallest absolute Gasteiger partial charge is 0.322 e. The van der Waals surface area contributed by atoms with E-state index in [0.29, 0.717) is 41.0 Å². The lowest BCUT2D eigenvalue weighted by Gasteiger charge is -2.39. The summed E-state index contributed by atoms with van der Waals surface area (Å²) in [5.41, 5.74) is 1.20. The summed E-state index contributed by atoms with van der Waals surface area (Å²) < 4.78 is 10.7. The number of carbonyl (C=O) groups excluding carboxylic acids is 2. The van der Waals surface area contributed by atoms with Crippen molar-refractivity contribution in [3.8, 4) is 11.5 Å². The molecule has 0 bridgehead atoms. The highest BCUT2D eigenvalue weighted by Gasteiger charge is 2.36. The normalized spacial score (nSPS) is 16.7. The minimum absolute atomic E-state index is 0.195. The van der Waals surface area contributed by atoms with Gasteiger partial charge >= 0.3 is 6.03 Å². The molecule has 0 aliphatic carbocycles. The Bertz CT molecular complexity index is 890. The molecule has 0 aromatic heterocycles. The van der Waals surface area contributed by atoms with Crippen LogP contribution >= 0.6 is 11.6 Å². The number of nitrogens with zero attached hydrogens (tertiary/aromatic N) is 2. The number of rotatable bonds is 4. The minimum Gasteiger partial charge on any atom is -0.497 e. The largest absolute Gasteiger partial charge is 0.497 e. The maximum absolute atomic E-state index is 13.0. The molecule has 0 saturated carbocycles. The van der Waals surface area contributed by atoms with Gasteiger partial charge in [0.15, 0.2) is 0 Å². The van der Waals surface area contributed by atoms with E-state index in [9.17, 15) is 9.59 Å². The molecule has 1 heterocycles. The van der Waals surface area contributed by atoms with E-state index in [1.165, 1.54) is 4.90 Å². The number of nitrogens with one attached hydrogen (secondary N) is 1. The highest BCUT2D eigenvalue weighted by molar-refractivity contribution is 6.30. The number of benzene rings is 2. The van der Waals surface area contributed by atoms with Gasteiger partial charge in [-0.1, -0.05) is 17.7 Å². The molecule has 0 unspecified atom stereocenters. The number of halogens is 1. The van der Waals surface area contributed by atoms with Crippen molar-refractivity contribution in [3.63, 3.8) is 0 Å². The quantitative estimate of drug-likeness (QED) is 0.846. The number of piperazine rings is 1. The van der Waals surface area contributed by atoms with E-state index in [0.717, 1.165) is 0 Å². The molecule has 1 fully saturated rings. The Labute approximate surface area is 168 Å². The molecule has 1 aliphatic heterocycles. The van der Waals surface area contributed by atoms with E-state index >= 15 is 0 Å². The van der Waals surface area contributed by atoms with Gasteiger partial charge in [-0.2, -0.15) is 0 Å². The zero-order valence-corrected chi connectivity index (χ0v) is 16.7. The molecule has 28 heavy (non-hydrogen) atoms. The first kappa shape index (κ1) is 19.8. The van der Waals surface area contributed by atoms with E-state index in [2.05, 4.69) is 5.32 Å². The van der Waals surface area contributed by atoms with Gasteiger partial charge in [0.2, 0.25) is 5.91 Å². The third kappa shape index (κ3) is 3.99. The fraction of sp³-hybridized carbons (Fsp3) is 0.300. The number of hydrogen-bond donors (Lipinski definition) is 1.